The number of carbonyl (C=O) groups is 2. The number of rotatable bonds is 4. The molecule has 0 aliphatic rings. The maximum Gasteiger partial charge on any atom is 0.321 e. The van der Waals surface area contributed by atoms with Gasteiger partial charge in [-0.1, -0.05) is 18.2 Å². The first-order chi connectivity index (χ1) is 8.95. The molecule has 0 saturated carbocycles. The number of amides is 3. The Balaban J connectivity index is 2.62. The summed E-state index contributed by atoms with van der Waals surface area (Å²) in [6.45, 7) is 2.06. The first kappa shape index (κ1) is 15.1. The molecule has 0 aliphatic carbocycles. The smallest absolute Gasteiger partial charge is 0.321 e. The lowest BCUT2D eigenvalue weighted by Crippen LogP contribution is -3.12. The molecule has 3 amide bonds. The number of urea groups is 1. The first-order valence-electron chi connectivity index (χ1n) is 6.04. The number of imide groups is 1. The summed E-state index contributed by atoms with van der Waals surface area (Å²) in [4.78, 5) is 23.6. The Labute approximate surface area is 111 Å². The molecule has 0 saturated heterocycles. The predicted octanol–water partition coefficient (Wildman–Crippen LogP) is -0.315. The molecule has 6 heteroatoms. The lowest BCUT2D eigenvalue weighted by atomic mass is 10.1. The Morgan fingerprint density at radius 3 is 2.58 bits per heavy atom. The van der Waals surface area contributed by atoms with Crippen LogP contribution in [0.1, 0.15) is 12.5 Å². The second kappa shape index (κ2) is 6.84. The molecule has 1 aromatic rings. The summed E-state index contributed by atoms with van der Waals surface area (Å²) in [5.41, 5.74) is 0.541. The van der Waals surface area contributed by atoms with E-state index in [1.54, 1.807) is 32.2 Å². The monoisotopic (exact) mass is 268 g/mol. The van der Waals surface area contributed by atoms with E-state index in [-0.39, 0.29) is 5.82 Å². The van der Waals surface area contributed by atoms with Crippen LogP contribution in [0, 0.1) is 5.82 Å². The highest BCUT2D eigenvalue weighted by Gasteiger charge is 2.23. The van der Waals surface area contributed by atoms with Crippen LogP contribution in [-0.4, -0.2) is 32.1 Å². The Morgan fingerprint density at radius 1 is 1.37 bits per heavy atom. The first-order valence-corrected chi connectivity index (χ1v) is 6.04. The van der Waals surface area contributed by atoms with E-state index in [1.165, 1.54) is 13.1 Å². The lowest BCUT2D eigenvalue weighted by Gasteiger charge is -2.20. The molecule has 0 radical (unpaired) electrons. The number of benzene rings is 1. The van der Waals surface area contributed by atoms with E-state index in [9.17, 15) is 14.0 Å². The molecule has 2 atom stereocenters. The molecule has 5 nitrogen and oxygen atoms in total. The predicted molar refractivity (Wildman–Crippen MR) is 69.1 cm³/mol. The minimum Gasteiger partial charge on any atom is -0.341 e. The molecule has 0 spiro atoms. The van der Waals surface area contributed by atoms with Gasteiger partial charge in [-0.3, -0.25) is 10.1 Å². The number of carbonyl (C=O) groups excluding carboxylic acids is 2. The van der Waals surface area contributed by atoms with Crippen LogP contribution in [0.15, 0.2) is 24.3 Å². The van der Waals surface area contributed by atoms with Gasteiger partial charge in [-0.25, -0.2) is 9.18 Å². The Morgan fingerprint density at radius 2 is 2.00 bits per heavy atom. The number of hydrogen-bond acceptors (Lipinski definition) is 2. The molecule has 1 rings (SSSR count). The van der Waals surface area contributed by atoms with E-state index in [4.69, 9.17) is 0 Å². The molecular weight excluding hydrogens is 249 g/mol. The van der Waals surface area contributed by atoms with Gasteiger partial charge in [0.15, 0.2) is 6.04 Å². The van der Waals surface area contributed by atoms with Crippen LogP contribution >= 0.6 is 0 Å². The topological polar surface area (TPSA) is 62.6 Å². The Bertz CT molecular complexity index is 465. The molecule has 3 N–H and O–H groups in total. The molecule has 0 bridgehead atoms. The van der Waals surface area contributed by atoms with Crippen molar-refractivity contribution in [3.8, 4) is 0 Å². The third-order valence-corrected chi connectivity index (χ3v) is 3.02. The third-order valence-electron chi connectivity index (χ3n) is 3.02. The summed E-state index contributed by atoms with van der Waals surface area (Å²) < 4.78 is 13.5. The summed E-state index contributed by atoms with van der Waals surface area (Å²) in [6.07, 6.45) is 0. The third kappa shape index (κ3) is 4.33. The minimum absolute atomic E-state index is 0.291. The van der Waals surface area contributed by atoms with Gasteiger partial charge in [0.1, 0.15) is 12.4 Å². The number of likely N-dealkylation sites (N-methyl/N-ethyl adjacent to an activating group) is 1. The van der Waals surface area contributed by atoms with Gasteiger partial charge in [0.05, 0.1) is 7.05 Å². The SMILES string of the molecule is CNC(=O)NC(=O)[C@@H](C)[NH+](C)Cc1ccccc1F. The average Bonchev–Trinajstić information content (AvgIpc) is 2.40. The zero-order valence-corrected chi connectivity index (χ0v) is 11.3. The van der Waals surface area contributed by atoms with Crippen molar-refractivity contribution in [2.75, 3.05) is 14.1 Å². The minimum atomic E-state index is -0.546. The van der Waals surface area contributed by atoms with E-state index in [0.29, 0.717) is 12.1 Å². The molecular formula is C13H19FN3O2+. The van der Waals surface area contributed by atoms with E-state index in [1.807, 2.05) is 0 Å². The molecule has 0 heterocycles. The van der Waals surface area contributed by atoms with Gasteiger partial charge in [-0.15, -0.1) is 0 Å². The van der Waals surface area contributed by atoms with E-state index < -0.39 is 18.0 Å². The van der Waals surface area contributed by atoms with Crippen molar-refractivity contribution in [1.82, 2.24) is 10.6 Å². The second-order valence-electron chi connectivity index (χ2n) is 4.40. The summed E-state index contributed by atoms with van der Waals surface area (Å²) in [7, 11) is 3.21. The van der Waals surface area contributed by atoms with Crippen LogP contribution in [-0.2, 0) is 11.3 Å². The molecule has 104 valence electrons. The van der Waals surface area contributed by atoms with Crippen LogP contribution in [0.2, 0.25) is 0 Å². The molecule has 1 unspecified atom stereocenters. The van der Waals surface area contributed by atoms with Crippen molar-refractivity contribution in [2.45, 2.75) is 19.5 Å². The number of halogens is 1. The summed E-state index contributed by atoms with van der Waals surface area (Å²) in [5.74, 6) is -0.686. The summed E-state index contributed by atoms with van der Waals surface area (Å²) in [5, 5.41) is 4.52. The molecule has 0 fully saturated rings. The Kier molecular flexibility index (Phi) is 5.44. The van der Waals surface area contributed by atoms with Crippen LogP contribution in [0.5, 0.6) is 0 Å². The quantitative estimate of drug-likeness (QED) is 0.701. The van der Waals surface area contributed by atoms with Crippen molar-refractivity contribution in [3.05, 3.63) is 35.6 Å². The Hall–Kier alpha value is -1.95. The zero-order chi connectivity index (χ0) is 14.4. The normalized spacial score (nSPS) is 13.5. The molecule has 0 aromatic heterocycles. The van der Waals surface area contributed by atoms with Crippen molar-refractivity contribution in [1.29, 1.82) is 0 Å². The zero-order valence-electron chi connectivity index (χ0n) is 11.3. The van der Waals surface area contributed by atoms with Crippen molar-refractivity contribution >= 4 is 11.9 Å². The van der Waals surface area contributed by atoms with Crippen LogP contribution in [0.25, 0.3) is 0 Å². The van der Waals surface area contributed by atoms with E-state index >= 15 is 0 Å². The van der Waals surface area contributed by atoms with E-state index in [0.717, 1.165) is 4.90 Å². The van der Waals surface area contributed by atoms with Crippen LogP contribution in [0.3, 0.4) is 0 Å². The van der Waals surface area contributed by atoms with E-state index in [2.05, 4.69) is 10.6 Å². The standard InChI is InChI=1S/C13H18FN3O2/c1-9(12(18)16-13(19)15-2)17(3)8-10-6-4-5-7-11(10)14/h4-7,9H,8H2,1-3H3,(H2,15,16,18,19)/p+1/t9-/m1/s1. The lowest BCUT2D eigenvalue weighted by molar-refractivity contribution is -0.908. The maximum absolute atomic E-state index is 13.5. The largest absolute Gasteiger partial charge is 0.341 e. The summed E-state index contributed by atoms with van der Waals surface area (Å²) in [6, 6.07) is 5.43. The molecule has 0 aliphatic heterocycles. The van der Waals surface area contributed by atoms with Crippen molar-refractivity contribution in [3.63, 3.8) is 0 Å². The van der Waals surface area contributed by atoms with Gasteiger partial charge in [-0.2, -0.15) is 0 Å². The highest BCUT2D eigenvalue weighted by atomic mass is 19.1. The van der Waals surface area contributed by atoms with Gasteiger partial charge in [0.25, 0.3) is 5.91 Å². The summed E-state index contributed by atoms with van der Waals surface area (Å²) >= 11 is 0. The number of hydrogen-bond donors (Lipinski definition) is 3. The number of quaternary nitrogens is 1. The molecule has 1 aromatic carbocycles. The number of nitrogens with one attached hydrogen (secondary N) is 3. The highest BCUT2D eigenvalue weighted by Crippen LogP contribution is 2.04. The van der Waals surface area contributed by atoms with Crippen LogP contribution < -0.4 is 15.5 Å². The fourth-order valence-electron chi connectivity index (χ4n) is 1.60. The molecule has 19 heavy (non-hydrogen) atoms. The van der Waals surface area contributed by atoms with Gasteiger partial charge < -0.3 is 10.2 Å². The van der Waals surface area contributed by atoms with Gasteiger partial charge >= 0.3 is 6.03 Å². The van der Waals surface area contributed by atoms with Gasteiger partial charge in [-0.05, 0) is 13.0 Å². The highest BCUT2D eigenvalue weighted by molar-refractivity contribution is 5.96. The fourth-order valence-corrected chi connectivity index (χ4v) is 1.60. The van der Waals surface area contributed by atoms with Crippen molar-refractivity contribution in [2.24, 2.45) is 0 Å². The maximum atomic E-state index is 13.5. The second-order valence-corrected chi connectivity index (χ2v) is 4.40. The average molecular weight is 268 g/mol. The van der Waals surface area contributed by atoms with Gasteiger partial charge in [0.2, 0.25) is 0 Å². The van der Waals surface area contributed by atoms with Crippen molar-refractivity contribution < 1.29 is 18.9 Å². The van der Waals surface area contributed by atoms with Crippen LogP contribution in [0.4, 0.5) is 9.18 Å². The van der Waals surface area contributed by atoms with Gasteiger partial charge in [0, 0.05) is 12.6 Å². The fraction of sp³-hybridized carbons (Fsp3) is 0.385.